The van der Waals surface area contributed by atoms with Gasteiger partial charge in [-0.2, -0.15) is 0 Å². The fraction of sp³-hybridized carbons (Fsp3) is 0.385. The van der Waals surface area contributed by atoms with Gasteiger partial charge in [0.1, 0.15) is 6.54 Å². The van der Waals surface area contributed by atoms with Crippen molar-refractivity contribution in [3.63, 3.8) is 0 Å². The van der Waals surface area contributed by atoms with Crippen molar-refractivity contribution in [1.29, 1.82) is 0 Å². The number of ether oxygens (including phenoxy) is 1. The Kier molecular flexibility index (Phi) is 6.28. The Balaban J connectivity index is 2.47. The summed E-state index contributed by atoms with van der Waals surface area (Å²) in [4.78, 5) is 23.8. The molecule has 1 amide bonds. The summed E-state index contributed by atoms with van der Waals surface area (Å²) in [6, 6.07) is 7.72. The number of benzene rings is 1. The van der Waals surface area contributed by atoms with E-state index in [2.05, 4.69) is 5.32 Å². The number of amides is 1. The lowest BCUT2D eigenvalue weighted by atomic mass is 10.1. The van der Waals surface area contributed by atoms with Crippen molar-refractivity contribution < 1.29 is 14.3 Å². The molecule has 1 N–H and O–H groups in total. The normalized spacial score (nSPS) is 9.89. The van der Waals surface area contributed by atoms with Crippen LogP contribution < -0.4 is 5.32 Å². The van der Waals surface area contributed by atoms with E-state index >= 15 is 0 Å². The van der Waals surface area contributed by atoms with Gasteiger partial charge in [0.2, 0.25) is 5.91 Å². The van der Waals surface area contributed by atoms with E-state index in [0.29, 0.717) is 6.61 Å². The molecule has 1 aromatic carbocycles. The van der Waals surface area contributed by atoms with Crippen molar-refractivity contribution in [2.75, 3.05) is 19.4 Å². The van der Waals surface area contributed by atoms with Gasteiger partial charge in [-0.05, 0) is 24.8 Å². The van der Waals surface area contributed by atoms with Crippen molar-refractivity contribution in [3.05, 3.63) is 29.8 Å². The highest BCUT2D eigenvalue weighted by molar-refractivity contribution is 7.98. The van der Waals surface area contributed by atoms with E-state index in [1.807, 2.05) is 30.5 Å². The topological polar surface area (TPSA) is 55.4 Å². The number of hydrogen-bond donors (Lipinski definition) is 1. The van der Waals surface area contributed by atoms with Gasteiger partial charge in [0.25, 0.3) is 0 Å². The number of carbonyl (C=O) groups is 2. The predicted molar refractivity (Wildman–Crippen MR) is 71.6 cm³/mol. The molecule has 18 heavy (non-hydrogen) atoms. The van der Waals surface area contributed by atoms with Crippen LogP contribution in [0, 0.1) is 0 Å². The van der Waals surface area contributed by atoms with Gasteiger partial charge in [-0.15, -0.1) is 11.8 Å². The lowest BCUT2D eigenvalue weighted by Gasteiger charge is -2.07. The summed E-state index contributed by atoms with van der Waals surface area (Å²) in [5.74, 6) is -0.589. The van der Waals surface area contributed by atoms with E-state index in [4.69, 9.17) is 4.74 Å². The highest BCUT2D eigenvalue weighted by Crippen LogP contribution is 2.19. The molecule has 0 radical (unpaired) electrons. The third kappa shape index (κ3) is 4.79. The lowest BCUT2D eigenvalue weighted by Crippen LogP contribution is -2.31. The Morgan fingerprint density at radius 3 is 2.72 bits per heavy atom. The van der Waals surface area contributed by atoms with Crippen LogP contribution in [0.1, 0.15) is 12.5 Å². The second kappa shape index (κ2) is 7.76. The number of thioether (sulfide) groups is 1. The molecule has 0 spiro atoms. The van der Waals surface area contributed by atoms with E-state index in [1.54, 1.807) is 18.7 Å². The Labute approximate surface area is 111 Å². The molecule has 0 aliphatic rings. The third-order valence-corrected chi connectivity index (χ3v) is 3.12. The number of esters is 1. The summed E-state index contributed by atoms with van der Waals surface area (Å²) in [5, 5.41) is 2.54. The first-order valence-corrected chi connectivity index (χ1v) is 6.94. The van der Waals surface area contributed by atoms with Gasteiger partial charge >= 0.3 is 5.97 Å². The van der Waals surface area contributed by atoms with E-state index < -0.39 is 5.97 Å². The molecule has 4 nitrogen and oxygen atoms in total. The average molecular weight is 267 g/mol. The maximum absolute atomic E-state index is 11.7. The van der Waals surface area contributed by atoms with Crippen LogP contribution in [0.5, 0.6) is 0 Å². The monoisotopic (exact) mass is 267 g/mol. The van der Waals surface area contributed by atoms with Crippen LogP contribution in [0.3, 0.4) is 0 Å². The smallest absolute Gasteiger partial charge is 0.325 e. The molecule has 0 fully saturated rings. The van der Waals surface area contributed by atoms with Crippen molar-refractivity contribution in [3.8, 4) is 0 Å². The summed E-state index contributed by atoms with van der Waals surface area (Å²) in [6.07, 6.45) is 2.24. The van der Waals surface area contributed by atoms with Gasteiger partial charge < -0.3 is 10.1 Å². The molecule has 0 atom stereocenters. The van der Waals surface area contributed by atoms with Crippen LogP contribution in [-0.4, -0.2) is 31.3 Å². The molecule has 0 saturated heterocycles. The quantitative estimate of drug-likeness (QED) is 0.629. The Morgan fingerprint density at radius 2 is 2.06 bits per heavy atom. The predicted octanol–water partition coefficient (Wildman–Crippen LogP) is 1.63. The highest BCUT2D eigenvalue weighted by Gasteiger charge is 2.09. The van der Waals surface area contributed by atoms with Crippen molar-refractivity contribution in [2.24, 2.45) is 0 Å². The Bertz CT molecular complexity index is 420. The minimum atomic E-state index is -0.413. The zero-order valence-electron chi connectivity index (χ0n) is 10.6. The summed E-state index contributed by atoms with van der Waals surface area (Å²) >= 11 is 1.60. The molecular formula is C13H17NO3S. The van der Waals surface area contributed by atoms with Crippen LogP contribution in [0.2, 0.25) is 0 Å². The fourth-order valence-electron chi connectivity index (χ4n) is 1.47. The third-order valence-electron chi connectivity index (χ3n) is 2.28. The van der Waals surface area contributed by atoms with E-state index in [0.717, 1.165) is 10.5 Å². The van der Waals surface area contributed by atoms with Crippen LogP contribution in [0.25, 0.3) is 0 Å². The zero-order valence-corrected chi connectivity index (χ0v) is 11.4. The van der Waals surface area contributed by atoms with Gasteiger partial charge in [-0.1, -0.05) is 18.2 Å². The summed E-state index contributed by atoms with van der Waals surface area (Å²) in [6.45, 7) is 1.98. The maximum Gasteiger partial charge on any atom is 0.325 e. The van der Waals surface area contributed by atoms with E-state index in [9.17, 15) is 9.59 Å². The van der Waals surface area contributed by atoms with E-state index in [1.165, 1.54) is 0 Å². The number of hydrogen-bond acceptors (Lipinski definition) is 4. The van der Waals surface area contributed by atoms with Crippen LogP contribution >= 0.6 is 11.8 Å². The molecule has 0 saturated carbocycles. The molecule has 0 unspecified atom stereocenters. The summed E-state index contributed by atoms with van der Waals surface area (Å²) in [5.41, 5.74) is 0.964. The Hall–Kier alpha value is -1.49. The molecule has 1 rings (SSSR count). The molecular weight excluding hydrogens is 250 g/mol. The van der Waals surface area contributed by atoms with Gasteiger partial charge in [0, 0.05) is 4.90 Å². The fourth-order valence-corrected chi connectivity index (χ4v) is 2.08. The van der Waals surface area contributed by atoms with Crippen molar-refractivity contribution in [1.82, 2.24) is 5.32 Å². The SMILES string of the molecule is CCOC(=O)CNC(=O)Cc1ccccc1SC. The molecule has 0 aromatic heterocycles. The zero-order chi connectivity index (χ0) is 13.4. The molecule has 0 aliphatic heterocycles. The molecule has 0 heterocycles. The summed E-state index contributed by atoms with van der Waals surface area (Å²) in [7, 11) is 0. The second-order valence-electron chi connectivity index (χ2n) is 3.57. The van der Waals surface area contributed by atoms with E-state index in [-0.39, 0.29) is 18.9 Å². The molecule has 98 valence electrons. The van der Waals surface area contributed by atoms with Crippen molar-refractivity contribution >= 4 is 23.6 Å². The molecule has 5 heteroatoms. The maximum atomic E-state index is 11.7. The minimum absolute atomic E-state index is 0.0753. The number of nitrogens with one attached hydrogen (secondary N) is 1. The molecule has 1 aromatic rings. The minimum Gasteiger partial charge on any atom is -0.465 e. The molecule has 0 aliphatic carbocycles. The van der Waals surface area contributed by atoms with Crippen LogP contribution in [0.4, 0.5) is 0 Å². The van der Waals surface area contributed by atoms with Crippen LogP contribution in [0.15, 0.2) is 29.2 Å². The average Bonchev–Trinajstić information content (AvgIpc) is 2.37. The standard InChI is InChI=1S/C13H17NO3S/c1-3-17-13(16)9-14-12(15)8-10-6-4-5-7-11(10)18-2/h4-7H,3,8-9H2,1-2H3,(H,14,15). The van der Waals surface area contributed by atoms with Gasteiger partial charge in [-0.3, -0.25) is 9.59 Å². The first-order valence-electron chi connectivity index (χ1n) is 5.71. The Morgan fingerprint density at radius 1 is 1.33 bits per heavy atom. The van der Waals surface area contributed by atoms with Gasteiger partial charge in [0.15, 0.2) is 0 Å². The number of rotatable bonds is 6. The van der Waals surface area contributed by atoms with Gasteiger partial charge in [-0.25, -0.2) is 0 Å². The van der Waals surface area contributed by atoms with Crippen molar-refractivity contribution in [2.45, 2.75) is 18.2 Å². The first-order chi connectivity index (χ1) is 8.67. The summed E-state index contributed by atoms with van der Waals surface area (Å²) < 4.78 is 4.73. The van der Waals surface area contributed by atoms with Gasteiger partial charge in [0.05, 0.1) is 13.0 Å². The molecule has 0 bridgehead atoms. The number of carbonyl (C=O) groups excluding carboxylic acids is 2. The largest absolute Gasteiger partial charge is 0.465 e. The second-order valence-corrected chi connectivity index (χ2v) is 4.42. The van der Waals surface area contributed by atoms with Crippen LogP contribution in [-0.2, 0) is 20.7 Å². The highest BCUT2D eigenvalue weighted by atomic mass is 32.2. The first kappa shape index (κ1) is 14.6. The lowest BCUT2D eigenvalue weighted by molar-refractivity contribution is -0.143.